The van der Waals surface area contributed by atoms with Crippen LogP contribution in [0.3, 0.4) is 0 Å². The molecular formula is C6H7F7O. The fourth-order valence-electron chi connectivity index (χ4n) is 0.486. The summed E-state index contributed by atoms with van der Waals surface area (Å²) in [5.74, 6) is -6.17. The summed E-state index contributed by atoms with van der Waals surface area (Å²) >= 11 is 0. The predicted octanol–water partition coefficient (Wildman–Crippen LogP) is 3.20. The molecule has 0 radical (unpaired) electrons. The first-order valence-corrected chi connectivity index (χ1v) is 3.52. The zero-order chi connectivity index (χ0) is 11.6. The highest BCUT2D eigenvalue weighted by Gasteiger charge is 2.74. The molecule has 86 valence electrons. The van der Waals surface area contributed by atoms with Crippen LogP contribution in [0.4, 0.5) is 30.7 Å². The minimum Gasteiger partial charge on any atom is -0.315 e. The molecule has 0 atom stereocenters. The van der Waals surface area contributed by atoms with Crippen molar-refractivity contribution >= 4 is 0 Å². The van der Waals surface area contributed by atoms with Gasteiger partial charge in [-0.1, -0.05) is 6.92 Å². The molecule has 8 heteroatoms. The van der Waals surface area contributed by atoms with E-state index in [-0.39, 0.29) is 6.42 Å². The molecule has 1 nitrogen and oxygen atoms in total. The molecule has 0 fully saturated rings. The molecule has 0 unspecified atom stereocenters. The Morgan fingerprint density at radius 1 is 0.929 bits per heavy atom. The Kier molecular flexibility index (Phi) is 3.77. The number of hydrogen-bond acceptors (Lipinski definition) is 1. The van der Waals surface area contributed by atoms with Crippen molar-refractivity contribution in [3.8, 4) is 0 Å². The van der Waals surface area contributed by atoms with E-state index in [4.69, 9.17) is 0 Å². The second-order valence-electron chi connectivity index (χ2n) is 2.44. The first kappa shape index (κ1) is 13.5. The number of halogens is 7. The average Bonchev–Trinajstić information content (AvgIpc) is 1.98. The third kappa shape index (κ3) is 2.49. The molecule has 0 bridgehead atoms. The molecule has 0 N–H and O–H groups in total. The normalized spacial score (nSPS) is 14.6. The standard InChI is InChI=1S/C6H7F7O/c1-2-3-14-6(12,13)4(7,8)5(9,10)11/h2-3H2,1H3. The fourth-order valence-corrected chi connectivity index (χ4v) is 0.486. The molecule has 0 spiro atoms. The van der Waals surface area contributed by atoms with Crippen LogP contribution in [0.25, 0.3) is 0 Å². The first-order valence-electron chi connectivity index (χ1n) is 3.52. The van der Waals surface area contributed by atoms with Gasteiger partial charge in [0.1, 0.15) is 0 Å². The molecule has 0 aliphatic heterocycles. The molecule has 0 saturated heterocycles. The van der Waals surface area contributed by atoms with Gasteiger partial charge in [0.2, 0.25) is 0 Å². The molecule has 0 aliphatic rings. The highest BCUT2D eigenvalue weighted by atomic mass is 19.4. The van der Waals surface area contributed by atoms with Crippen LogP contribution in [-0.4, -0.2) is 24.8 Å². The largest absolute Gasteiger partial charge is 0.462 e. The maximum absolute atomic E-state index is 12.2. The van der Waals surface area contributed by atoms with Gasteiger partial charge in [0.15, 0.2) is 0 Å². The van der Waals surface area contributed by atoms with E-state index in [1.807, 2.05) is 0 Å². The lowest BCUT2D eigenvalue weighted by molar-refractivity contribution is -0.423. The summed E-state index contributed by atoms with van der Waals surface area (Å²) in [5.41, 5.74) is 0. The smallest absolute Gasteiger partial charge is 0.315 e. The number of ether oxygens (including phenoxy) is 1. The summed E-state index contributed by atoms with van der Waals surface area (Å²) in [5, 5.41) is 0. The summed E-state index contributed by atoms with van der Waals surface area (Å²) in [6, 6.07) is 0. The maximum Gasteiger partial charge on any atom is 0.462 e. The molecule has 0 aromatic heterocycles. The Morgan fingerprint density at radius 2 is 1.36 bits per heavy atom. The van der Waals surface area contributed by atoms with E-state index in [0.29, 0.717) is 0 Å². The third-order valence-electron chi connectivity index (χ3n) is 1.21. The zero-order valence-corrected chi connectivity index (χ0v) is 6.97. The number of alkyl halides is 7. The van der Waals surface area contributed by atoms with Crippen molar-refractivity contribution in [2.45, 2.75) is 31.6 Å². The first-order chi connectivity index (χ1) is 6.06. The topological polar surface area (TPSA) is 9.23 Å². The van der Waals surface area contributed by atoms with E-state index in [2.05, 4.69) is 4.74 Å². The van der Waals surface area contributed by atoms with Crippen molar-refractivity contribution in [1.29, 1.82) is 0 Å². The van der Waals surface area contributed by atoms with Gasteiger partial charge < -0.3 is 4.74 Å². The minimum atomic E-state index is -6.33. The van der Waals surface area contributed by atoms with Crippen LogP contribution in [0.2, 0.25) is 0 Å². The molecule has 0 saturated carbocycles. The molecular weight excluding hydrogens is 221 g/mol. The van der Waals surface area contributed by atoms with E-state index in [0.717, 1.165) is 0 Å². The molecule has 0 aliphatic carbocycles. The van der Waals surface area contributed by atoms with Crippen molar-refractivity contribution in [2.24, 2.45) is 0 Å². The van der Waals surface area contributed by atoms with Crippen LogP contribution in [-0.2, 0) is 4.74 Å². The summed E-state index contributed by atoms with van der Waals surface area (Å²) < 4.78 is 86.0. The van der Waals surface area contributed by atoms with Crippen LogP contribution < -0.4 is 0 Å². The Labute approximate surface area is 74.8 Å². The lowest BCUT2D eigenvalue weighted by Gasteiger charge is -2.27. The highest BCUT2D eigenvalue weighted by molar-refractivity contribution is 4.84. The Balaban J connectivity index is 4.69. The van der Waals surface area contributed by atoms with Crippen molar-refractivity contribution in [3.05, 3.63) is 0 Å². The maximum atomic E-state index is 12.2. The van der Waals surface area contributed by atoms with E-state index >= 15 is 0 Å². The summed E-state index contributed by atoms with van der Waals surface area (Å²) in [4.78, 5) is 0. The van der Waals surface area contributed by atoms with Crippen molar-refractivity contribution in [2.75, 3.05) is 6.61 Å². The molecule has 0 rings (SSSR count). The highest BCUT2D eigenvalue weighted by Crippen LogP contribution is 2.46. The second-order valence-corrected chi connectivity index (χ2v) is 2.44. The van der Waals surface area contributed by atoms with E-state index in [1.54, 1.807) is 0 Å². The van der Waals surface area contributed by atoms with Crippen molar-refractivity contribution < 1.29 is 35.5 Å². The quantitative estimate of drug-likeness (QED) is 0.671. The van der Waals surface area contributed by atoms with Crippen LogP contribution in [0, 0.1) is 0 Å². The average molecular weight is 228 g/mol. The third-order valence-corrected chi connectivity index (χ3v) is 1.21. The Bertz CT molecular complexity index is 185. The van der Waals surface area contributed by atoms with E-state index in [1.165, 1.54) is 6.92 Å². The van der Waals surface area contributed by atoms with Gasteiger partial charge in [0.05, 0.1) is 6.61 Å². The molecule has 14 heavy (non-hydrogen) atoms. The van der Waals surface area contributed by atoms with Gasteiger partial charge in [0.25, 0.3) is 0 Å². The van der Waals surface area contributed by atoms with Gasteiger partial charge in [-0.05, 0) is 6.42 Å². The zero-order valence-electron chi connectivity index (χ0n) is 6.97. The second kappa shape index (κ2) is 3.92. The van der Waals surface area contributed by atoms with Gasteiger partial charge in [-0.25, -0.2) is 0 Å². The molecule has 0 aromatic rings. The van der Waals surface area contributed by atoms with Gasteiger partial charge in [-0.3, -0.25) is 0 Å². The van der Waals surface area contributed by atoms with E-state index < -0.39 is 24.8 Å². The van der Waals surface area contributed by atoms with Crippen LogP contribution in [0.5, 0.6) is 0 Å². The van der Waals surface area contributed by atoms with E-state index in [9.17, 15) is 30.7 Å². The lowest BCUT2D eigenvalue weighted by atomic mass is 10.3. The summed E-state index contributed by atoms with van der Waals surface area (Å²) in [6.45, 7) is 0.417. The predicted molar refractivity (Wildman–Crippen MR) is 32.2 cm³/mol. The minimum absolute atomic E-state index is 0.0937. The van der Waals surface area contributed by atoms with Gasteiger partial charge in [0, 0.05) is 0 Å². The summed E-state index contributed by atoms with van der Waals surface area (Å²) in [7, 11) is 0. The van der Waals surface area contributed by atoms with Gasteiger partial charge in [-0.15, -0.1) is 0 Å². The lowest BCUT2D eigenvalue weighted by Crippen LogP contribution is -2.53. The van der Waals surface area contributed by atoms with Crippen LogP contribution in [0.15, 0.2) is 0 Å². The summed E-state index contributed by atoms with van der Waals surface area (Å²) in [6.07, 6.45) is -11.9. The Morgan fingerprint density at radius 3 is 1.64 bits per heavy atom. The Hall–Kier alpha value is -0.530. The van der Waals surface area contributed by atoms with Gasteiger partial charge in [-0.2, -0.15) is 30.7 Å². The van der Waals surface area contributed by atoms with Crippen molar-refractivity contribution in [3.63, 3.8) is 0 Å². The van der Waals surface area contributed by atoms with Crippen LogP contribution >= 0.6 is 0 Å². The van der Waals surface area contributed by atoms with Crippen LogP contribution in [0.1, 0.15) is 13.3 Å². The van der Waals surface area contributed by atoms with Gasteiger partial charge >= 0.3 is 18.2 Å². The SMILES string of the molecule is CCCOC(F)(F)C(F)(F)C(F)(F)F. The molecule has 0 aromatic carbocycles. The monoisotopic (exact) mass is 228 g/mol. The molecule has 0 amide bonds. The molecule has 0 heterocycles. The number of rotatable bonds is 4. The van der Waals surface area contributed by atoms with Crippen molar-refractivity contribution in [1.82, 2.24) is 0 Å². The fraction of sp³-hybridized carbons (Fsp3) is 1.00. The number of hydrogen-bond donors (Lipinski definition) is 0.